The average molecular weight is 379 g/mol. The van der Waals surface area contributed by atoms with Gasteiger partial charge >= 0.3 is 5.69 Å². The molecule has 0 bridgehead atoms. The first-order chi connectivity index (χ1) is 13.0. The van der Waals surface area contributed by atoms with Gasteiger partial charge in [-0.05, 0) is 19.9 Å². The Morgan fingerprint density at radius 3 is 2.44 bits per heavy atom. The van der Waals surface area contributed by atoms with Crippen LogP contribution in [0.25, 0.3) is 10.9 Å². The van der Waals surface area contributed by atoms with Crippen molar-refractivity contribution in [1.82, 2.24) is 14.9 Å². The standard InChI is InChI=1S/C18H25N3O6/c1-4-26-14-10-12-13(11-15(14)27-5-2)20-18(24)21(17(12)23)8-6-16(22)19-7-9-25-3/h10-11H,4-9H2,1-3H3,(H,19,22)(H,20,24). The molecule has 0 spiro atoms. The van der Waals surface area contributed by atoms with Crippen molar-refractivity contribution in [2.75, 3.05) is 33.5 Å². The van der Waals surface area contributed by atoms with Crippen LogP contribution in [0.3, 0.4) is 0 Å². The zero-order valence-corrected chi connectivity index (χ0v) is 15.8. The summed E-state index contributed by atoms with van der Waals surface area (Å²) < 4.78 is 16.9. The zero-order chi connectivity index (χ0) is 19.8. The van der Waals surface area contributed by atoms with E-state index in [0.29, 0.717) is 48.8 Å². The molecule has 1 heterocycles. The molecule has 1 aromatic carbocycles. The lowest BCUT2D eigenvalue weighted by Gasteiger charge is -2.13. The van der Waals surface area contributed by atoms with E-state index in [9.17, 15) is 14.4 Å². The number of nitrogens with zero attached hydrogens (tertiary/aromatic N) is 1. The van der Waals surface area contributed by atoms with Gasteiger partial charge < -0.3 is 24.5 Å². The van der Waals surface area contributed by atoms with Gasteiger partial charge in [0.15, 0.2) is 11.5 Å². The number of carbonyl (C=O) groups is 1. The highest BCUT2D eigenvalue weighted by atomic mass is 16.5. The molecule has 0 atom stereocenters. The monoisotopic (exact) mass is 379 g/mol. The van der Waals surface area contributed by atoms with Crippen LogP contribution in [-0.4, -0.2) is 48.9 Å². The smallest absolute Gasteiger partial charge is 0.328 e. The molecule has 0 aliphatic carbocycles. The summed E-state index contributed by atoms with van der Waals surface area (Å²) in [6.45, 7) is 5.22. The van der Waals surface area contributed by atoms with E-state index in [0.717, 1.165) is 4.57 Å². The lowest BCUT2D eigenvalue weighted by molar-refractivity contribution is -0.121. The van der Waals surface area contributed by atoms with Crippen molar-refractivity contribution in [3.63, 3.8) is 0 Å². The van der Waals surface area contributed by atoms with Crippen LogP contribution in [0.2, 0.25) is 0 Å². The first-order valence-corrected chi connectivity index (χ1v) is 8.83. The Bertz CT molecular complexity index is 902. The van der Waals surface area contributed by atoms with Crippen molar-refractivity contribution >= 4 is 16.8 Å². The molecule has 9 nitrogen and oxygen atoms in total. The largest absolute Gasteiger partial charge is 0.490 e. The molecule has 9 heteroatoms. The molecule has 0 radical (unpaired) electrons. The second kappa shape index (κ2) is 9.77. The summed E-state index contributed by atoms with van der Waals surface area (Å²) in [6, 6.07) is 3.13. The predicted octanol–water partition coefficient (Wildman–Crippen LogP) is 0.640. The lowest BCUT2D eigenvalue weighted by atomic mass is 10.2. The van der Waals surface area contributed by atoms with E-state index in [1.807, 2.05) is 13.8 Å². The Hall–Kier alpha value is -2.81. The quantitative estimate of drug-likeness (QED) is 0.586. The van der Waals surface area contributed by atoms with E-state index in [-0.39, 0.29) is 18.9 Å². The molecule has 27 heavy (non-hydrogen) atoms. The van der Waals surface area contributed by atoms with Crippen LogP contribution < -0.4 is 26.0 Å². The highest BCUT2D eigenvalue weighted by molar-refractivity contribution is 5.81. The number of methoxy groups -OCH3 is 1. The molecule has 1 amide bonds. The number of aromatic nitrogens is 2. The van der Waals surface area contributed by atoms with Crippen LogP contribution in [0.4, 0.5) is 0 Å². The van der Waals surface area contributed by atoms with Crippen molar-refractivity contribution < 1.29 is 19.0 Å². The number of fused-ring (bicyclic) bond motifs is 1. The van der Waals surface area contributed by atoms with Gasteiger partial charge in [-0.3, -0.25) is 14.2 Å². The number of aromatic amines is 1. The highest BCUT2D eigenvalue weighted by Gasteiger charge is 2.14. The number of ether oxygens (including phenoxy) is 3. The van der Waals surface area contributed by atoms with Gasteiger partial charge in [-0.25, -0.2) is 4.79 Å². The second-order valence-corrected chi connectivity index (χ2v) is 5.69. The van der Waals surface area contributed by atoms with Gasteiger partial charge in [0.2, 0.25) is 5.91 Å². The molecule has 2 aromatic rings. The third-order valence-electron chi connectivity index (χ3n) is 3.84. The molecule has 0 unspecified atom stereocenters. The fourth-order valence-electron chi connectivity index (χ4n) is 2.59. The van der Waals surface area contributed by atoms with Gasteiger partial charge in [0.1, 0.15) is 0 Å². The molecule has 0 fully saturated rings. The maximum absolute atomic E-state index is 12.7. The number of H-pyrrole nitrogens is 1. The van der Waals surface area contributed by atoms with Gasteiger partial charge in [0, 0.05) is 32.7 Å². The summed E-state index contributed by atoms with van der Waals surface area (Å²) in [5.41, 5.74) is -0.705. The Morgan fingerprint density at radius 2 is 1.81 bits per heavy atom. The number of rotatable bonds is 10. The SMILES string of the molecule is CCOc1cc2[nH]c(=O)n(CCC(=O)NCCOC)c(=O)c2cc1OCC. The summed E-state index contributed by atoms with van der Waals surface area (Å²) in [5, 5.41) is 2.94. The van der Waals surface area contributed by atoms with E-state index in [1.165, 1.54) is 7.11 Å². The molecule has 0 saturated heterocycles. The van der Waals surface area contributed by atoms with Crippen LogP contribution >= 0.6 is 0 Å². The molecule has 2 N–H and O–H groups in total. The van der Waals surface area contributed by atoms with Gasteiger partial charge in [-0.1, -0.05) is 0 Å². The highest BCUT2D eigenvalue weighted by Crippen LogP contribution is 2.30. The van der Waals surface area contributed by atoms with Crippen LogP contribution in [0.1, 0.15) is 20.3 Å². The minimum atomic E-state index is -0.580. The second-order valence-electron chi connectivity index (χ2n) is 5.69. The van der Waals surface area contributed by atoms with Crippen LogP contribution in [0.15, 0.2) is 21.7 Å². The third-order valence-corrected chi connectivity index (χ3v) is 3.84. The molecular weight excluding hydrogens is 354 g/mol. The van der Waals surface area contributed by atoms with Crippen molar-refractivity contribution in [3.05, 3.63) is 33.0 Å². The first-order valence-electron chi connectivity index (χ1n) is 8.83. The topological polar surface area (TPSA) is 112 Å². The fourth-order valence-corrected chi connectivity index (χ4v) is 2.59. The maximum atomic E-state index is 12.7. The Morgan fingerprint density at radius 1 is 1.15 bits per heavy atom. The number of benzene rings is 1. The Kier molecular flexibility index (Phi) is 7.42. The number of hydrogen-bond acceptors (Lipinski definition) is 6. The van der Waals surface area contributed by atoms with E-state index in [1.54, 1.807) is 12.1 Å². The number of hydrogen-bond donors (Lipinski definition) is 2. The van der Waals surface area contributed by atoms with Gasteiger partial charge in [0.05, 0.1) is 30.7 Å². The Labute approximate surface area is 156 Å². The summed E-state index contributed by atoms with van der Waals surface area (Å²) >= 11 is 0. The first kappa shape index (κ1) is 20.5. The number of nitrogens with one attached hydrogen (secondary N) is 2. The molecule has 2 rings (SSSR count). The fraction of sp³-hybridized carbons (Fsp3) is 0.500. The van der Waals surface area contributed by atoms with E-state index in [4.69, 9.17) is 14.2 Å². The van der Waals surface area contributed by atoms with E-state index < -0.39 is 11.2 Å². The van der Waals surface area contributed by atoms with Gasteiger partial charge in [0.25, 0.3) is 5.56 Å². The maximum Gasteiger partial charge on any atom is 0.328 e. The zero-order valence-electron chi connectivity index (χ0n) is 15.8. The summed E-state index contributed by atoms with van der Waals surface area (Å²) in [4.78, 5) is 39.5. The summed E-state index contributed by atoms with van der Waals surface area (Å²) in [7, 11) is 1.54. The molecule has 0 saturated carbocycles. The molecule has 0 aliphatic rings. The molecule has 1 aromatic heterocycles. The number of carbonyl (C=O) groups excluding carboxylic acids is 1. The van der Waals surface area contributed by atoms with Crippen molar-refractivity contribution in [2.45, 2.75) is 26.8 Å². The average Bonchev–Trinajstić information content (AvgIpc) is 2.63. The third kappa shape index (κ3) is 5.10. The van der Waals surface area contributed by atoms with E-state index >= 15 is 0 Å². The van der Waals surface area contributed by atoms with Crippen LogP contribution in [-0.2, 0) is 16.1 Å². The predicted molar refractivity (Wildman–Crippen MR) is 101 cm³/mol. The Balaban J connectivity index is 2.33. The summed E-state index contributed by atoms with van der Waals surface area (Å²) in [5.74, 6) is 0.622. The number of amides is 1. The van der Waals surface area contributed by atoms with Crippen molar-refractivity contribution in [1.29, 1.82) is 0 Å². The summed E-state index contributed by atoms with van der Waals surface area (Å²) in [6.07, 6.45) is 0.00749. The molecular formula is C18H25N3O6. The molecule has 0 aliphatic heterocycles. The van der Waals surface area contributed by atoms with Gasteiger partial charge in [-0.15, -0.1) is 0 Å². The van der Waals surface area contributed by atoms with Gasteiger partial charge in [-0.2, -0.15) is 0 Å². The van der Waals surface area contributed by atoms with Crippen LogP contribution in [0.5, 0.6) is 11.5 Å². The normalized spacial score (nSPS) is 10.8. The van der Waals surface area contributed by atoms with Crippen molar-refractivity contribution in [3.8, 4) is 11.5 Å². The van der Waals surface area contributed by atoms with Crippen LogP contribution in [0, 0.1) is 0 Å². The van der Waals surface area contributed by atoms with Crippen molar-refractivity contribution in [2.24, 2.45) is 0 Å². The minimum absolute atomic E-state index is 0.00749. The lowest BCUT2D eigenvalue weighted by Crippen LogP contribution is -2.37. The minimum Gasteiger partial charge on any atom is -0.490 e. The van der Waals surface area contributed by atoms with E-state index in [2.05, 4.69) is 10.3 Å². The molecule has 148 valence electrons.